The van der Waals surface area contributed by atoms with Gasteiger partial charge in [-0.25, -0.2) is 4.98 Å². The molecule has 0 saturated carbocycles. The van der Waals surface area contributed by atoms with E-state index in [4.69, 9.17) is 11.6 Å². The number of aryl methyl sites for hydroxylation is 1. The zero-order chi connectivity index (χ0) is 14.5. The predicted molar refractivity (Wildman–Crippen MR) is 78.8 cm³/mol. The first kappa shape index (κ1) is 15.4. The van der Waals surface area contributed by atoms with Gasteiger partial charge in [0.2, 0.25) is 11.8 Å². The minimum Gasteiger partial charge on any atom is -0.294 e. The van der Waals surface area contributed by atoms with Gasteiger partial charge in [0.25, 0.3) is 0 Å². The molecule has 0 bridgehead atoms. The maximum Gasteiger partial charge on any atom is 0.243 e. The summed E-state index contributed by atoms with van der Waals surface area (Å²) in [5, 5.41) is 5.41. The number of rotatable bonds is 6. The third kappa shape index (κ3) is 3.77. The molecule has 0 spiro atoms. The Labute approximate surface area is 127 Å². The van der Waals surface area contributed by atoms with Crippen molar-refractivity contribution in [3.8, 4) is 0 Å². The molecule has 2 rings (SSSR count). The van der Waals surface area contributed by atoms with Gasteiger partial charge < -0.3 is 0 Å². The summed E-state index contributed by atoms with van der Waals surface area (Å²) in [6.45, 7) is 2.99. The fourth-order valence-electron chi connectivity index (χ4n) is 2.36. The molecule has 1 unspecified atom stereocenters. The number of nitrogens with one attached hydrogen (secondary N) is 1. The van der Waals surface area contributed by atoms with Crippen molar-refractivity contribution in [1.82, 2.24) is 15.2 Å². The van der Waals surface area contributed by atoms with Crippen molar-refractivity contribution in [1.29, 1.82) is 0 Å². The van der Waals surface area contributed by atoms with E-state index in [0.717, 1.165) is 30.1 Å². The van der Waals surface area contributed by atoms with Crippen LogP contribution in [0.15, 0.2) is 5.38 Å². The second kappa shape index (κ2) is 7.15. The summed E-state index contributed by atoms with van der Waals surface area (Å²) in [6, 6.07) is -0.192. The van der Waals surface area contributed by atoms with Gasteiger partial charge in [-0.15, -0.1) is 22.9 Å². The van der Waals surface area contributed by atoms with Crippen LogP contribution in [0.3, 0.4) is 0 Å². The van der Waals surface area contributed by atoms with Crippen LogP contribution in [0.1, 0.15) is 30.5 Å². The van der Waals surface area contributed by atoms with Crippen LogP contribution in [-0.4, -0.2) is 40.8 Å². The third-order valence-corrected chi connectivity index (χ3v) is 4.54. The van der Waals surface area contributed by atoms with E-state index in [1.807, 2.05) is 17.2 Å². The summed E-state index contributed by atoms with van der Waals surface area (Å²) >= 11 is 7.33. The molecule has 1 aliphatic heterocycles. The standard InChI is InChI=1S/C13H18ClN3O2S/c1-2-10-13(19)16-11(18)7-17(10)5-3-4-12-15-9(6-14)8-20-12/h8,10H,2-7H2,1H3,(H,16,18,19). The van der Waals surface area contributed by atoms with Gasteiger partial charge in [0.05, 0.1) is 29.2 Å². The second-order valence-corrected chi connectivity index (χ2v) is 5.99. The molecule has 1 N–H and O–H groups in total. The van der Waals surface area contributed by atoms with Crippen LogP contribution in [0, 0.1) is 0 Å². The Hall–Kier alpha value is -0.980. The van der Waals surface area contributed by atoms with Crippen molar-refractivity contribution in [2.24, 2.45) is 0 Å². The lowest BCUT2D eigenvalue weighted by atomic mass is 10.1. The van der Waals surface area contributed by atoms with Crippen LogP contribution < -0.4 is 5.32 Å². The van der Waals surface area contributed by atoms with Crippen LogP contribution in [0.2, 0.25) is 0 Å². The van der Waals surface area contributed by atoms with Crippen molar-refractivity contribution in [2.75, 3.05) is 13.1 Å². The van der Waals surface area contributed by atoms with Gasteiger partial charge in [0.15, 0.2) is 0 Å². The minimum atomic E-state index is -0.210. The lowest BCUT2D eigenvalue weighted by Gasteiger charge is -2.33. The monoisotopic (exact) mass is 315 g/mol. The Kier molecular flexibility index (Phi) is 5.51. The van der Waals surface area contributed by atoms with Crippen LogP contribution in [0.25, 0.3) is 0 Å². The average Bonchev–Trinajstić information content (AvgIpc) is 2.86. The fraction of sp³-hybridized carbons (Fsp3) is 0.615. The largest absolute Gasteiger partial charge is 0.294 e. The number of amides is 2. The van der Waals surface area contributed by atoms with Gasteiger partial charge in [-0.2, -0.15) is 0 Å². The highest BCUT2D eigenvalue weighted by molar-refractivity contribution is 7.09. The number of hydrogen-bond donors (Lipinski definition) is 1. The molecule has 110 valence electrons. The Bertz CT molecular complexity index is 492. The first-order chi connectivity index (χ1) is 9.63. The second-order valence-electron chi connectivity index (χ2n) is 4.78. The summed E-state index contributed by atoms with van der Waals surface area (Å²) in [5.74, 6) is 0.0515. The van der Waals surface area contributed by atoms with E-state index < -0.39 is 0 Å². The van der Waals surface area contributed by atoms with Crippen molar-refractivity contribution in [3.63, 3.8) is 0 Å². The molecule has 0 radical (unpaired) electrons. The summed E-state index contributed by atoms with van der Waals surface area (Å²) in [6.07, 6.45) is 2.45. The molecule has 0 aromatic carbocycles. The van der Waals surface area contributed by atoms with Crippen molar-refractivity contribution in [2.45, 2.75) is 38.1 Å². The molecule has 2 heterocycles. The van der Waals surface area contributed by atoms with Gasteiger partial charge in [0.1, 0.15) is 0 Å². The normalized spacial score (nSPS) is 20.2. The molecule has 0 aliphatic carbocycles. The lowest BCUT2D eigenvalue weighted by molar-refractivity contribution is -0.140. The van der Waals surface area contributed by atoms with Crippen molar-refractivity contribution >= 4 is 34.8 Å². The smallest absolute Gasteiger partial charge is 0.243 e. The van der Waals surface area contributed by atoms with E-state index >= 15 is 0 Å². The summed E-state index contributed by atoms with van der Waals surface area (Å²) in [7, 11) is 0. The van der Waals surface area contributed by atoms with E-state index in [-0.39, 0.29) is 17.9 Å². The van der Waals surface area contributed by atoms with E-state index in [9.17, 15) is 9.59 Å². The number of halogens is 1. The van der Waals surface area contributed by atoms with Crippen LogP contribution in [0.5, 0.6) is 0 Å². The summed E-state index contributed by atoms with van der Waals surface area (Å²) < 4.78 is 0. The molecule has 2 amide bonds. The van der Waals surface area contributed by atoms with E-state index in [1.165, 1.54) is 0 Å². The summed E-state index contributed by atoms with van der Waals surface area (Å²) in [4.78, 5) is 29.5. The van der Waals surface area contributed by atoms with E-state index in [2.05, 4.69) is 10.3 Å². The molecule has 7 heteroatoms. The highest BCUT2D eigenvalue weighted by Crippen LogP contribution is 2.15. The first-order valence-electron chi connectivity index (χ1n) is 6.71. The molecular formula is C13H18ClN3O2S. The fourth-order valence-corrected chi connectivity index (χ4v) is 3.43. The molecular weight excluding hydrogens is 298 g/mol. The maximum absolute atomic E-state index is 11.7. The Morgan fingerprint density at radius 3 is 3.00 bits per heavy atom. The number of hydrogen-bond acceptors (Lipinski definition) is 5. The maximum atomic E-state index is 11.7. The molecule has 1 aromatic heterocycles. The number of thiazole rings is 1. The average molecular weight is 316 g/mol. The van der Waals surface area contributed by atoms with E-state index in [0.29, 0.717) is 18.8 Å². The topological polar surface area (TPSA) is 62.3 Å². The predicted octanol–water partition coefficient (Wildman–Crippen LogP) is 1.55. The van der Waals surface area contributed by atoms with Gasteiger partial charge >= 0.3 is 0 Å². The number of carbonyl (C=O) groups is 2. The lowest BCUT2D eigenvalue weighted by Crippen LogP contribution is -2.57. The molecule has 1 fully saturated rings. The van der Waals surface area contributed by atoms with Gasteiger partial charge in [0, 0.05) is 11.8 Å². The molecule has 1 aliphatic rings. The van der Waals surface area contributed by atoms with Gasteiger partial charge in [-0.05, 0) is 19.4 Å². The highest BCUT2D eigenvalue weighted by atomic mass is 35.5. The third-order valence-electron chi connectivity index (χ3n) is 3.31. The highest BCUT2D eigenvalue weighted by Gasteiger charge is 2.31. The van der Waals surface area contributed by atoms with Gasteiger partial charge in [-0.3, -0.25) is 19.8 Å². The number of carbonyl (C=O) groups excluding carboxylic acids is 2. The number of piperazine rings is 1. The molecule has 1 atom stereocenters. The van der Waals surface area contributed by atoms with Crippen LogP contribution in [0.4, 0.5) is 0 Å². The van der Waals surface area contributed by atoms with Crippen molar-refractivity contribution in [3.05, 3.63) is 16.1 Å². The minimum absolute atomic E-state index is 0.178. The molecule has 1 saturated heterocycles. The summed E-state index contributed by atoms with van der Waals surface area (Å²) in [5.41, 5.74) is 0.908. The van der Waals surface area contributed by atoms with Crippen LogP contribution >= 0.6 is 22.9 Å². The molecule has 1 aromatic rings. The van der Waals surface area contributed by atoms with E-state index in [1.54, 1.807) is 11.3 Å². The number of imide groups is 1. The zero-order valence-corrected chi connectivity index (χ0v) is 13.0. The number of alkyl halides is 1. The molecule has 5 nitrogen and oxygen atoms in total. The Morgan fingerprint density at radius 2 is 2.35 bits per heavy atom. The Morgan fingerprint density at radius 1 is 1.55 bits per heavy atom. The number of nitrogens with zero attached hydrogens (tertiary/aromatic N) is 2. The van der Waals surface area contributed by atoms with Crippen molar-refractivity contribution < 1.29 is 9.59 Å². The Balaban J connectivity index is 1.85. The SMILES string of the molecule is CCC1C(=O)NC(=O)CN1CCCc1nc(CCl)cs1. The number of aromatic nitrogens is 1. The van der Waals surface area contributed by atoms with Crippen LogP contribution in [-0.2, 0) is 21.9 Å². The molecule has 20 heavy (non-hydrogen) atoms. The quantitative estimate of drug-likeness (QED) is 0.639. The first-order valence-corrected chi connectivity index (χ1v) is 8.12. The zero-order valence-electron chi connectivity index (χ0n) is 11.4. The van der Waals surface area contributed by atoms with Gasteiger partial charge in [-0.1, -0.05) is 6.92 Å².